The van der Waals surface area contributed by atoms with E-state index >= 15 is 0 Å². The first-order valence-corrected chi connectivity index (χ1v) is 8.37. The Morgan fingerprint density at radius 3 is 2.95 bits per heavy atom. The van der Waals surface area contributed by atoms with Gasteiger partial charge < -0.3 is 10.6 Å². The Kier molecular flexibility index (Phi) is 5.73. The predicted octanol–water partition coefficient (Wildman–Crippen LogP) is 3.18. The van der Waals surface area contributed by atoms with E-state index in [0.29, 0.717) is 11.0 Å². The van der Waals surface area contributed by atoms with Gasteiger partial charge in [-0.2, -0.15) is 0 Å². The highest BCUT2D eigenvalue weighted by atomic mass is 79.9. The van der Waals surface area contributed by atoms with Gasteiger partial charge in [-0.3, -0.25) is 4.79 Å². The Labute approximate surface area is 127 Å². The van der Waals surface area contributed by atoms with Crippen molar-refractivity contribution in [1.29, 1.82) is 0 Å². The van der Waals surface area contributed by atoms with Crippen LogP contribution in [-0.2, 0) is 4.79 Å². The third kappa shape index (κ3) is 4.82. The fourth-order valence-electron chi connectivity index (χ4n) is 2.08. The minimum absolute atomic E-state index is 0.0785. The van der Waals surface area contributed by atoms with Crippen molar-refractivity contribution in [2.75, 3.05) is 24.2 Å². The van der Waals surface area contributed by atoms with Gasteiger partial charge in [0.2, 0.25) is 5.91 Å². The second-order valence-electron chi connectivity index (χ2n) is 4.79. The fraction of sp³-hybridized carbons (Fsp3) is 0.500. The van der Waals surface area contributed by atoms with Crippen molar-refractivity contribution in [1.82, 2.24) is 5.32 Å². The number of carbonyl (C=O) groups is 1. The molecule has 0 spiro atoms. The van der Waals surface area contributed by atoms with Crippen molar-refractivity contribution in [3.8, 4) is 0 Å². The molecule has 2 N–H and O–H groups in total. The van der Waals surface area contributed by atoms with Crippen LogP contribution >= 0.6 is 27.7 Å². The first-order valence-electron chi connectivity index (χ1n) is 6.53. The number of anilines is 1. The van der Waals surface area contributed by atoms with Gasteiger partial charge in [0.15, 0.2) is 0 Å². The molecule has 1 aliphatic rings. The van der Waals surface area contributed by atoms with Gasteiger partial charge in [0, 0.05) is 9.72 Å². The number of carbonyl (C=O) groups excluding carboxylic acids is 1. The molecule has 1 heterocycles. The third-order valence-electron chi connectivity index (χ3n) is 3.13. The zero-order valence-electron chi connectivity index (χ0n) is 11.0. The lowest BCUT2D eigenvalue weighted by atomic mass is 10.2. The molecule has 3 nitrogen and oxygen atoms in total. The Bertz CT molecular complexity index is 447. The second-order valence-corrected chi connectivity index (χ2v) is 6.93. The number of amides is 1. The number of thioether (sulfide) groups is 1. The summed E-state index contributed by atoms with van der Waals surface area (Å²) in [6.07, 6.45) is 2.32. The Hall–Kier alpha value is -0.520. The SMILES string of the molecule is Cc1ccc(Br)c(NC(=O)CSC2CCNCC2)c1. The quantitative estimate of drug-likeness (QED) is 0.882. The normalized spacial score (nSPS) is 16.3. The van der Waals surface area contributed by atoms with Crippen molar-refractivity contribution in [3.05, 3.63) is 28.2 Å². The number of benzene rings is 1. The number of piperidine rings is 1. The summed E-state index contributed by atoms with van der Waals surface area (Å²) in [6, 6.07) is 5.96. The molecule has 1 fully saturated rings. The average Bonchev–Trinajstić information content (AvgIpc) is 2.42. The molecule has 5 heteroatoms. The van der Waals surface area contributed by atoms with Gasteiger partial charge in [0.25, 0.3) is 0 Å². The molecular weight excluding hydrogens is 324 g/mol. The number of hydrogen-bond acceptors (Lipinski definition) is 3. The zero-order valence-corrected chi connectivity index (χ0v) is 13.4. The Morgan fingerprint density at radius 2 is 2.21 bits per heavy atom. The van der Waals surface area contributed by atoms with Crippen LogP contribution in [0.25, 0.3) is 0 Å². The first kappa shape index (κ1) is 14.9. The highest BCUT2D eigenvalue weighted by molar-refractivity contribution is 9.10. The number of aryl methyl sites for hydroxylation is 1. The monoisotopic (exact) mass is 342 g/mol. The molecule has 1 aliphatic heterocycles. The molecule has 1 amide bonds. The number of rotatable bonds is 4. The highest BCUT2D eigenvalue weighted by Crippen LogP contribution is 2.24. The van der Waals surface area contributed by atoms with Crippen molar-refractivity contribution in [3.63, 3.8) is 0 Å². The summed E-state index contributed by atoms with van der Waals surface area (Å²) in [5.41, 5.74) is 2.00. The molecule has 0 bridgehead atoms. The molecule has 0 aromatic heterocycles. The lowest BCUT2D eigenvalue weighted by molar-refractivity contribution is -0.113. The topological polar surface area (TPSA) is 41.1 Å². The van der Waals surface area contributed by atoms with Crippen molar-refractivity contribution >= 4 is 39.3 Å². The molecule has 1 saturated heterocycles. The largest absolute Gasteiger partial charge is 0.324 e. The van der Waals surface area contributed by atoms with E-state index in [1.807, 2.05) is 25.1 Å². The van der Waals surface area contributed by atoms with E-state index in [2.05, 4.69) is 26.6 Å². The van der Waals surface area contributed by atoms with Gasteiger partial charge in [0.1, 0.15) is 0 Å². The van der Waals surface area contributed by atoms with Gasteiger partial charge in [-0.05, 0) is 66.5 Å². The maximum Gasteiger partial charge on any atom is 0.234 e. The fourth-order valence-corrected chi connectivity index (χ4v) is 3.45. The number of halogens is 1. The zero-order chi connectivity index (χ0) is 13.7. The molecule has 0 aliphatic carbocycles. The first-order chi connectivity index (χ1) is 9.15. The summed E-state index contributed by atoms with van der Waals surface area (Å²) in [6.45, 7) is 4.16. The molecule has 0 saturated carbocycles. The molecule has 0 unspecified atom stereocenters. The lowest BCUT2D eigenvalue weighted by Gasteiger charge is -2.21. The van der Waals surface area contributed by atoms with E-state index in [-0.39, 0.29) is 5.91 Å². The van der Waals surface area contributed by atoms with Crippen molar-refractivity contribution in [2.45, 2.75) is 25.0 Å². The Balaban J connectivity index is 1.81. The summed E-state index contributed by atoms with van der Waals surface area (Å²) in [5.74, 6) is 0.611. The average molecular weight is 343 g/mol. The maximum atomic E-state index is 12.0. The smallest absolute Gasteiger partial charge is 0.234 e. The van der Waals surface area contributed by atoms with Crippen LogP contribution in [0, 0.1) is 6.92 Å². The van der Waals surface area contributed by atoms with Crippen LogP contribution in [0.3, 0.4) is 0 Å². The minimum atomic E-state index is 0.0785. The standard InChI is InChI=1S/C14H19BrN2OS/c1-10-2-3-12(15)13(8-10)17-14(18)9-19-11-4-6-16-7-5-11/h2-3,8,11,16H,4-7,9H2,1H3,(H,17,18). The predicted molar refractivity (Wildman–Crippen MR) is 85.9 cm³/mol. The Morgan fingerprint density at radius 1 is 1.47 bits per heavy atom. The number of nitrogens with one attached hydrogen (secondary N) is 2. The van der Waals surface area contributed by atoms with Crippen LogP contribution in [0.5, 0.6) is 0 Å². The van der Waals surface area contributed by atoms with Crippen LogP contribution in [0.2, 0.25) is 0 Å². The van der Waals surface area contributed by atoms with Crippen molar-refractivity contribution in [2.24, 2.45) is 0 Å². The summed E-state index contributed by atoms with van der Waals surface area (Å²) < 4.78 is 0.929. The molecule has 19 heavy (non-hydrogen) atoms. The molecule has 0 atom stereocenters. The van der Waals surface area contributed by atoms with Crippen LogP contribution in [0.1, 0.15) is 18.4 Å². The van der Waals surface area contributed by atoms with E-state index < -0.39 is 0 Å². The molecule has 104 valence electrons. The second kappa shape index (κ2) is 7.31. The van der Waals surface area contributed by atoms with Crippen LogP contribution in [-0.4, -0.2) is 30.0 Å². The van der Waals surface area contributed by atoms with E-state index in [4.69, 9.17) is 0 Å². The van der Waals surface area contributed by atoms with Gasteiger partial charge >= 0.3 is 0 Å². The van der Waals surface area contributed by atoms with E-state index in [9.17, 15) is 4.79 Å². The summed E-state index contributed by atoms with van der Waals surface area (Å²) >= 11 is 5.22. The molecule has 0 radical (unpaired) electrons. The summed E-state index contributed by atoms with van der Waals surface area (Å²) in [5, 5.41) is 6.92. The van der Waals surface area contributed by atoms with E-state index in [1.165, 1.54) is 0 Å². The lowest BCUT2D eigenvalue weighted by Crippen LogP contribution is -2.30. The van der Waals surface area contributed by atoms with Gasteiger partial charge in [-0.15, -0.1) is 11.8 Å². The minimum Gasteiger partial charge on any atom is -0.324 e. The molecular formula is C14H19BrN2OS. The summed E-state index contributed by atoms with van der Waals surface area (Å²) in [4.78, 5) is 12.0. The van der Waals surface area contributed by atoms with Crippen LogP contribution in [0.15, 0.2) is 22.7 Å². The summed E-state index contributed by atoms with van der Waals surface area (Å²) in [7, 11) is 0. The van der Waals surface area contributed by atoms with E-state index in [1.54, 1.807) is 11.8 Å². The third-order valence-corrected chi connectivity index (χ3v) is 5.20. The molecule has 1 aromatic rings. The number of hydrogen-bond donors (Lipinski definition) is 2. The van der Waals surface area contributed by atoms with Gasteiger partial charge in [0.05, 0.1) is 11.4 Å². The molecule has 2 rings (SSSR count). The van der Waals surface area contributed by atoms with Crippen LogP contribution in [0.4, 0.5) is 5.69 Å². The maximum absolute atomic E-state index is 12.0. The van der Waals surface area contributed by atoms with E-state index in [0.717, 1.165) is 41.7 Å². The van der Waals surface area contributed by atoms with Gasteiger partial charge in [-0.25, -0.2) is 0 Å². The molecule has 1 aromatic carbocycles. The highest BCUT2D eigenvalue weighted by Gasteiger charge is 2.15. The van der Waals surface area contributed by atoms with Crippen LogP contribution < -0.4 is 10.6 Å². The van der Waals surface area contributed by atoms with Crippen molar-refractivity contribution < 1.29 is 4.79 Å². The van der Waals surface area contributed by atoms with Gasteiger partial charge in [-0.1, -0.05) is 6.07 Å².